The average Bonchev–Trinajstić information content (AvgIpc) is 2.89. The summed E-state index contributed by atoms with van der Waals surface area (Å²) >= 11 is 0. The predicted molar refractivity (Wildman–Crippen MR) is 169 cm³/mol. The molecule has 256 valence electrons. The number of halogens is 2. The van der Waals surface area contributed by atoms with Crippen LogP contribution in [0.2, 0.25) is 0 Å². The number of carboxylic acid groups (broad SMARTS) is 4. The number of aliphatic carboxylic acids is 4. The predicted octanol–water partition coefficient (Wildman–Crippen LogP) is -1.05. The summed E-state index contributed by atoms with van der Waals surface area (Å²) in [5.41, 5.74) is 41.7. The van der Waals surface area contributed by atoms with Crippen molar-refractivity contribution in [3.8, 4) is 0 Å². The molecule has 18 heteroatoms. The lowest BCUT2D eigenvalue weighted by Gasteiger charge is -2.03. The van der Waals surface area contributed by atoms with E-state index in [9.17, 15) is 19.2 Å². The minimum atomic E-state index is -0.933. The molecule has 0 spiro atoms. The van der Waals surface area contributed by atoms with Gasteiger partial charge in [-0.2, -0.15) is 0 Å². The number of hydrogen-bond acceptors (Lipinski definition) is 12. The van der Waals surface area contributed by atoms with Gasteiger partial charge in [0, 0.05) is 0 Å². The molecule has 0 aromatic heterocycles. The fraction of sp³-hybridized carbons (Fsp3) is 0.833. The van der Waals surface area contributed by atoms with E-state index in [-0.39, 0.29) is 24.8 Å². The third-order valence-corrected chi connectivity index (χ3v) is 5.15. The summed E-state index contributed by atoms with van der Waals surface area (Å²) in [6.45, 7) is 2.41. The summed E-state index contributed by atoms with van der Waals surface area (Å²) < 4.78 is 0. The first-order valence-electron chi connectivity index (χ1n) is 13.5. The first kappa shape index (κ1) is 52.8. The average molecular weight is 658 g/mol. The van der Waals surface area contributed by atoms with E-state index in [0.29, 0.717) is 51.9 Å². The van der Waals surface area contributed by atoms with E-state index in [1.807, 2.05) is 0 Å². The van der Waals surface area contributed by atoms with Gasteiger partial charge in [-0.05, 0) is 77.5 Å². The van der Waals surface area contributed by atoms with Gasteiger partial charge in [0.15, 0.2) is 0 Å². The second kappa shape index (κ2) is 39.1. The molecule has 20 N–H and O–H groups in total. The Labute approximate surface area is 261 Å². The molecule has 0 aliphatic carbocycles. The number of unbranched alkanes of at least 4 members (excludes halogenated alkanes) is 4. The summed E-state index contributed by atoms with van der Waals surface area (Å²) in [7, 11) is 0. The Morgan fingerprint density at radius 3 is 0.619 bits per heavy atom. The molecule has 0 heterocycles. The minimum Gasteiger partial charge on any atom is -0.480 e. The van der Waals surface area contributed by atoms with Crippen molar-refractivity contribution in [2.75, 3.05) is 26.2 Å². The highest BCUT2D eigenvalue weighted by molar-refractivity contribution is 5.85. The number of nitrogens with two attached hydrogens (primary N) is 8. The van der Waals surface area contributed by atoms with Crippen molar-refractivity contribution in [2.24, 2.45) is 45.9 Å². The maximum atomic E-state index is 10.1. The van der Waals surface area contributed by atoms with E-state index in [2.05, 4.69) is 0 Å². The molecule has 0 rings (SSSR count). The maximum Gasteiger partial charge on any atom is 0.320 e. The fourth-order valence-electron chi connectivity index (χ4n) is 2.53. The first-order chi connectivity index (χ1) is 18.7. The van der Waals surface area contributed by atoms with Crippen molar-refractivity contribution in [1.82, 2.24) is 0 Å². The molecule has 0 aliphatic heterocycles. The molecule has 0 saturated heterocycles. The van der Waals surface area contributed by atoms with Crippen LogP contribution in [-0.2, 0) is 19.2 Å². The van der Waals surface area contributed by atoms with Crippen molar-refractivity contribution in [1.29, 1.82) is 0 Å². The molecule has 0 saturated carbocycles. The van der Waals surface area contributed by atoms with Crippen LogP contribution in [0.3, 0.4) is 0 Å². The number of hydrogen-bond donors (Lipinski definition) is 12. The molecule has 0 aliphatic rings. The second-order valence-corrected chi connectivity index (χ2v) is 8.92. The van der Waals surface area contributed by atoms with Gasteiger partial charge in [0.1, 0.15) is 24.2 Å². The van der Waals surface area contributed by atoms with Gasteiger partial charge in [-0.1, -0.05) is 25.7 Å². The zero-order valence-corrected chi connectivity index (χ0v) is 26.1. The monoisotopic (exact) mass is 656 g/mol. The Hall–Kier alpha value is -1.86. The highest BCUT2D eigenvalue weighted by Gasteiger charge is 2.11. The highest BCUT2D eigenvalue weighted by atomic mass is 35.5. The molecule has 0 amide bonds. The van der Waals surface area contributed by atoms with Crippen LogP contribution in [0.5, 0.6) is 0 Å². The Bertz CT molecular complexity index is 539. The van der Waals surface area contributed by atoms with Gasteiger partial charge in [-0.3, -0.25) is 19.2 Å². The summed E-state index contributed by atoms with van der Waals surface area (Å²) in [6.07, 6.45) is 8.66. The van der Waals surface area contributed by atoms with E-state index in [1.165, 1.54) is 0 Å². The zero-order valence-electron chi connectivity index (χ0n) is 24.5. The minimum absolute atomic E-state index is 0. The molecule has 0 radical (unpaired) electrons. The van der Waals surface area contributed by atoms with Crippen LogP contribution in [0.4, 0.5) is 0 Å². The summed E-state index contributed by atoms with van der Waals surface area (Å²) in [5, 5.41) is 33.3. The summed E-state index contributed by atoms with van der Waals surface area (Å²) in [5.74, 6) is -3.73. The van der Waals surface area contributed by atoms with Crippen molar-refractivity contribution in [3.63, 3.8) is 0 Å². The van der Waals surface area contributed by atoms with Gasteiger partial charge < -0.3 is 66.3 Å². The quantitative estimate of drug-likeness (QED) is 0.0695. The summed E-state index contributed by atoms with van der Waals surface area (Å²) in [4.78, 5) is 40.5. The van der Waals surface area contributed by atoms with E-state index in [1.54, 1.807) is 0 Å². The third-order valence-electron chi connectivity index (χ3n) is 5.15. The van der Waals surface area contributed by atoms with Crippen LogP contribution in [0.15, 0.2) is 0 Å². The summed E-state index contributed by atoms with van der Waals surface area (Å²) in [6, 6.07) is -2.86. The van der Waals surface area contributed by atoms with Crippen molar-refractivity contribution in [2.45, 2.75) is 101 Å². The highest BCUT2D eigenvalue weighted by Crippen LogP contribution is 1.99. The van der Waals surface area contributed by atoms with Gasteiger partial charge in [0.05, 0.1) is 0 Å². The number of carboxylic acids is 4. The zero-order chi connectivity index (χ0) is 31.9. The lowest BCUT2D eigenvalue weighted by Crippen LogP contribution is -2.29. The third kappa shape index (κ3) is 45.1. The molecular formula is C24H58Cl2N8O8. The lowest BCUT2D eigenvalue weighted by atomic mass is 10.1. The Balaban J connectivity index is -0.000000101. The van der Waals surface area contributed by atoms with Gasteiger partial charge in [-0.25, -0.2) is 0 Å². The van der Waals surface area contributed by atoms with E-state index < -0.39 is 48.0 Å². The van der Waals surface area contributed by atoms with Crippen LogP contribution < -0.4 is 45.9 Å². The number of rotatable bonds is 20. The van der Waals surface area contributed by atoms with Crippen LogP contribution in [-0.4, -0.2) is 94.6 Å². The van der Waals surface area contributed by atoms with Gasteiger partial charge in [-0.15, -0.1) is 24.8 Å². The van der Waals surface area contributed by atoms with Crippen LogP contribution in [0, 0.1) is 0 Å². The van der Waals surface area contributed by atoms with Gasteiger partial charge >= 0.3 is 23.9 Å². The molecule has 4 atom stereocenters. The van der Waals surface area contributed by atoms with Crippen LogP contribution >= 0.6 is 24.8 Å². The van der Waals surface area contributed by atoms with Crippen LogP contribution in [0.25, 0.3) is 0 Å². The standard InChI is InChI=1S/4C6H14N2O2.2ClH/c4*7-4-2-1-3-5(8)6(9)10;;/h4*5H,1-4,7-8H2,(H,9,10);2*1H. The van der Waals surface area contributed by atoms with Crippen molar-refractivity contribution < 1.29 is 39.6 Å². The molecule has 0 aromatic rings. The van der Waals surface area contributed by atoms with Crippen molar-refractivity contribution in [3.05, 3.63) is 0 Å². The Morgan fingerprint density at radius 2 is 0.524 bits per heavy atom. The molecule has 0 fully saturated rings. The molecular weight excluding hydrogens is 599 g/mol. The van der Waals surface area contributed by atoms with E-state index in [0.717, 1.165) is 51.4 Å². The van der Waals surface area contributed by atoms with Crippen molar-refractivity contribution >= 4 is 48.7 Å². The normalized spacial score (nSPS) is 12.4. The lowest BCUT2D eigenvalue weighted by molar-refractivity contribution is -0.139. The first-order valence-corrected chi connectivity index (χ1v) is 13.5. The molecule has 4 unspecified atom stereocenters. The van der Waals surface area contributed by atoms with E-state index >= 15 is 0 Å². The molecule has 0 bridgehead atoms. The topological polar surface area (TPSA) is 357 Å². The molecule has 16 nitrogen and oxygen atoms in total. The largest absolute Gasteiger partial charge is 0.480 e. The van der Waals surface area contributed by atoms with E-state index in [4.69, 9.17) is 66.3 Å². The molecule has 0 aromatic carbocycles. The Kier molecular flexibility index (Phi) is 49.2. The number of carbonyl (C=O) groups is 4. The SMILES string of the molecule is Cl.Cl.NCCCCC(N)C(=O)O.NCCCCC(N)C(=O)O.NCCCCC(N)C(=O)O.NCCCCC(N)C(=O)O. The maximum absolute atomic E-state index is 10.1. The van der Waals surface area contributed by atoms with Gasteiger partial charge in [0.25, 0.3) is 0 Å². The fourth-order valence-corrected chi connectivity index (χ4v) is 2.53. The smallest absolute Gasteiger partial charge is 0.320 e. The molecule has 42 heavy (non-hydrogen) atoms. The van der Waals surface area contributed by atoms with Gasteiger partial charge in [0.2, 0.25) is 0 Å². The second-order valence-electron chi connectivity index (χ2n) is 8.92. The van der Waals surface area contributed by atoms with Crippen LogP contribution in [0.1, 0.15) is 77.0 Å². The Morgan fingerprint density at radius 1 is 0.381 bits per heavy atom.